The maximum atomic E-state index is 10.8. The number of fused-ring (bicyclic) bond motifs is 1. The Morgan fingerprint density at radius 3 is 2.82 bits per heavy atom. The molecule has 0 amide bonds. The molecule has 0 spiro atoms. The summed E-state index contributed by atoms with van der Waals surface area (Å²) in [7, 11) is 0. The highest BCUT2D eigenvalue weighted by molar-refractivity contribution is 7.71. The summed E-state index contributed by atoms with van der Waals surface area (Å²) < 4.78 is 11.3. The number of benzene rings is 1. The van der Waals surface area contributed by atoms with Gasteiger partial charge in [-0.25, -0.2) is 0 Å². The zero-order valence-electron chi connectivity index (χ0n) is 9.65. The van der Waals surface area contributed by atoms with Crippen LogP contribution in [0.1, 0.15) is 18.2 Å². The van der Waals surface area contributed by atoms with Gasteiger partial charge in [0.15, 0.2) is 0 Å². The van der Waals surface area contributed by atoms with E-state index in [0.717, 1.165) is 16.5 Å². The lowest BCUT2D eigenvalue weighted by Gasteiger charge is -2.08. The van der Waals surface area contributed by atoms with Crippen LogP contribution in [0.2, 0.25) is 0 Å². The third kappa shape index (κ3) is 2.36. The first-order chi connectivity index (χ1) is 8.09. The first-order valence-corrected chi connectivity index (χ1v) is 5.65. The number of esters is 1. The van der Waals surface area contributed by atoms with Crippen LogP contribution in [0.4, 0.5) is 0 Å². The first kappa shape index (κ1) is 11.8. The second-order valence-corrected chi connectivity index (χ2v) is 4.15. The molecule has 1 heterocycles. The summed E-state index contributed by atoms with van der Waals surface area (Å²) >= 11 is 5.38. The zero-order chi connectivity index (χ0) is 12.4. The van der Waals surface area contributed by atoms with Gasteiger partial charge < -0.3 is 9.15 Å². The van der Waals surface area contributed by atoms with Gasteiger partial charge in [-0.05, 0) is 19.1 Å². The van der Waals surface area contributed by atoms with Crippen molar-refractivity contribution in [2.75, 3.05) is 0 Å². The Morgan fingerprint density at radius 2 is 2.12 bits per heavy atom. The van der Waals surface area contributed by atoms with Crippen LogP contribution in [0, 0.1) is 11.4 Å². The van der Waals surface area contributed by atoms with Gasteiger partial charge in [0.2, 0.25) is 0 Å². The van der Waals surface area contributed by atoms with E-state index in [1.54, 1.807) is 0 Å². The fourth-order valence-corrected chi connectivity index (χ4v) is 2.00. The second-order valence-electron chi connectivity index (χ2n) is 3.74. The van der Waals surface area contributed by atoms with E-state index < -0.39 is 0 Å². The number of carbonyl (C=O) groups excluding carboxylic acids is 1. The highest BCUT2D eigenvalue weighted by atomic mass is 32.1. The molecular weight excluding hydrogens is 236 g/mol. The van der Waals surface area contributed by atoms with Crippen molar-refractivity contribution in [3.8, 4) is 0 Å². The lowest BCUT2D eigenvalue weighted by molar-refractivity contribution is -0.142. The lowest BCUT2D eigenvalue weighted by atomic mass is 10.1. The first-order valence-electron chi connectivity index (χ1n) is 5.24. The molecule has 2 aromatic rings. The van der Waals surface area contributed by atoms with Gasteiger partial charge in [-0.1, -0.05) is 24.4 Å². The summed E-state index contributed by atoms with van der Waals surface area (Å²) in [6.45, 7) is 3.35. The van der Waals surface area contributed by atoms with Gasteiger partial charge in [0.1, 0.15) is 18.0 Å². The molecule has 1 aromatic carbocycles. The fourth-order valence-electron chi connectivity index (χ4n) is 1.63. The molecule has 0 aliphatic rings. The topological polar surface area (TPSA) is 39.4 Å². The molecular formula is C13H12O3S. The molecule has 0 saturated carbocycles. The van der Waals surface area contributed by atoms with Gasteiger partial charge >= 0.3 is 5.97 Å². The van der Waals surface area contributed by atoms with Crippen LogP contribution >= 0.6 is 12.2 Å². The molecule has 0 unspecified atom stereocenters. The Morgan fingerprint density at radius 1 is 1.41 bits per heavy atom. The van der Waals surface area contributed by atoms with E-state index in [2.05, 4.69) is 0 Å². The number of hydrogen-bond donors (Lipinski definition) is 0. The minimum absolute atomic E-state index is 0.161. The molecule has 88 valence electrons. The largest absolute Gasteiger partial charge is 0.461 e. The zero-order valence-corrected chi connectivity index (χ0v) is 10.5. The molecule has 3 nitrogen and oxygen atoms in total. The molecule has 17 heavy (non-hydrogen) atoms. The van der Waals surface area contributed by atoms with Crippen molar-refractivity contribution < 1.29 is 13.9 Å². The van der Waals surface area contributed by atoms with Crippen molar-refractivity contribution in [3.63, 3.8) is 0 Å². The number of carbonyl (C=O) groups is 1. The van der Waals surface area contributed by atoms with Crippen molar-refractivity contribution in [2.24, 2.45) is 0 Å². The number of ether oxygens (including phenoxy) is 1. The van der Waals surface area contributed by atoms with Crippen molar-refractivity contribution in [1.82, 2.24) is 0 Å². The van der Waals surface area contributed by atoms with Gasteiger partial charge in [0.05, 0.1) is 4.51 Å². The smallest absolute Gasteiger partial charge is 0.302 e. The Hall–Kier alpha value is -1.68. The van der Waals surface area contributed by atoms with Gasteiger partial charge in [-0.3, -0.25) is 4.79 Å². The van der Waals surface area contributed by atoms with Gasteiger partial charge in [-0.2, -0.15) is 0 Å². The Kier molecular flexibility index (Phi) is 3.24. The summed E-state index contributed by atoms with van der Waals surface area (Å²) in [6.07, 6.45) is 0. The summed E-state index contributed by atoms with van der Waals surface area (Å²) in [4.78, 5) is 10.8. The maximum Gasteiger partial charge on any atom is 0.302 e. The minimum Gasteiger partial charge on any atom is -0.461 e. The van der Waals surface area contributed by atoms with Crippen LogP contribution in [0.3, 0.4) is 0 Å². The number of aryl methyl sites for hydroxylation is 1. The predicted octanol–water partition coefficient (Wildman–Crippen LogP) is 3.53. The average molecular weight is 248 g/mol. The van der Waals surface area contributed by atoms with Crippen LogP contribution in [0.15, 0.2) is 28.7 Å². The molecule has 0 fully saturated rings. The van der Waals surface area contributed by atoms with Gasteiger partial charge in [0, 0.05) is 17.9 Å². The molecule has 4 heteroatoms. The third-order valence-corrected chi connectivity index (χ3v) is 2.98. The highest BCUT2D eigenvalue weighted by Gasteiger charge is 2.09. The van der Waals surface area contributed by atoms with E-state index in [4.69, 9.17) is 21.4 Å². The number of rotatable bonds is 2. The van der Waals surface area contributed by atoms with E-state index in [9.17, 15) is 4.79 Å². The molecule has 0 N–H and O–H groups in total. The van der Waals surface area contributed by atoms with Crippen molar-refractivity contribution in [2.45, 2.75) is 20.5 Å². The second kappa shape index (κ2) is 4.67. The molecule has 0 atom stereocenters. The van der Waals surface area contributed by atoms with Crippen LogP contribution < -0.4 is 0 Å². The van der Waals surface area contributed by atoms with Crippen LogP contribution in [0.25, 0.3) is 11.0 Å². The van der Waals surface area contributed by atoms with Gasteiger partial charge in [-0.15, -0.1) is 0 Å². The Labute approximate surface area is 104 Å². The van der Waals surface area contributed by atoms with E-state index in [1.165, 1.54) is 6.92 Å². The van der Waals surface area contributed by atoms with Crippen molar-refractivity contribution >= 4 is 29.2 Å². The lowest BCUT2D eigenvalue weighted by Crippen LogP contribution is -2.01. The van der Waals surface area contributed by atoms with Crippen LogP contribution in [-0.2, 0) is 16.1 Å². The monoisotopic (exact) mass is 248 g/mol. The van der Waals surface area contributed by atoms with Crippen molar-refractivity contribution in [3.05, 3.63) is 40.1 Å². The molecule has 0 bridgehead atoms. The third-order valence-electron chi connectivity index (χ3n) is 2.51. The quantitative estimate of drug-likeness (QED) is 0.602. The fraction of sp³-hybridized carbons (Fsp3) is 0.231. The van der Waals surface area contributed by atoms with E-state index in [0.29, 0.717) is 10.3 Å². The number of para-hydroxylation sites is 1. The van der Waals surface area contributed by atoms with Crippen molar-refractivity contribution in [1.29, 1.82) is 0 Å². The Bertz CT molecular complexity index is 628. The van der Waals surface area contributed by atoms with E-state index in [-0.39, 0.29) is 12.6 Å². The predicted molar refractivity (Wildman–Crippen MR) is 67.3 cm³/mol. The molecule has 0 aliphatic heterocycles. The summed E-state index contributed by atoms with van der Waals surface area (Å²) in [5.74, 6) is 0.363. The molecule has 2 rings (SSSR count). The van der Waals surface area contributed by atoms with E-state index >= 15 is 0 Å². The standard InChI is InChI=1S/C13H12O3S/c1-8-11(7-15-9(2)14)13(17)10-5-3-4-6-12(10)16-8/h3-6H,7H2,1-2H3. The summed E-state index contributed by atoms with van der Waals surface area (Å²) in [6, 6.07) is 7.57. The molecule has 1 aromatic heterocycles. The average Bonchev–Trinajstić information content (AvgIpc) is 2.28. The Balaban J connectivity index is 2.56. The van der Waals surface area contributed by atoms with Crippen LogP contribution in [-0.4, -0.2) is 5.97 Å². The summed E-state index contributed by atoms with van der Waals surface area (Å²) in [5.41, 5.74) is 1.51. The minimum atomic E-state index is -0.327. The molecule has 0 radical (unpaired) electrons. The highest BCUT2D eigenvalue weighted by Crippen LogP contribution is 2.22. The maximum absolute atomic E-state index is 10.8. The molecule has 0 aliphatic carbocycles. The van der Waals surface area contributed by atoms with Crippen LogP contribution in [0.5, 0.6) is 0 Å². The molecule has 0 saturated heterocycles. The van der Waals surface area contributed by atoms with Gasteiger partial charge in [0.25, 0.3) is 0 Å². The normalized spacial score (nSPS) is 10.5. The summed E-state index contributed by atoms with van der Waals surface area (Å²) in [5, 5.41) is 0.871. The number of hydrogen-bond acceptors (Lipinski definition) is 4. The SMILES string of the molecule is CC(=O)OCc1c(C)oc2ccccc2c1=S. The van der Waals surface area contributed by atoms with E-state index in [1.807, 2.05) is 31.2 Å².